The Bertz CT molecular complexity index is 918. The maximum atomic E-state index is 12.8. The summed E-state index contributed by atoms with van der Waals surface area (Å²) < 4.78 is 7.89. The number of halogens is 1. The summed E-state index contributed by atoms with van der Waals surface area (Å²) in [6.07, 6.45) is 0. The van der Waals surface area contributed by atoms with E-state index < -0.39 is 0 Å². The Hall–Kier alpha value is -2.50. The van der Waals surface area contributed by atoms with Crippen LogP contribution < -0.4 is 10.1 Å². The highest BCUT2D eigenvalue weighted by Gasteiger charge is 2.21. The van der Waals surface area contributed by atoms with Crippen LogP contribution in [0.15, 0.2) is 54.6 Å². The van der Waals surface area contributed by atoms with Gasteiger partial charge in [0.15, 0.2) is 0 Å². The predicted molar refractivity (Wildman–Crippen MR) is 110 cm³/mol. The van der Waals surface area contributed by atoms with Crippen LogP contribution in [-0.2, 0) is 13.7 Å². The van der Waals surface area contributed by atoms with Gasteiger partial charge in [-0.3, -0.25) is 4.79 Å². The SMILES string of the molecule is Cl.Cn1c(C(=O)N2CCNCC2)cc2cc(OCc3ccccc3)ccc21. The van der Waals surface area contributed by atoms with Gasteiger partial charge in [-0.15, -0.1) is 12.4 Å². The second-order valence-corrected chi connectivity index (χ2v) is 6.63. The number of hydrogen-bond donors (Lipinski definition) is 1. The third-order valence-corrected chi connectivity index (χ3v) is 4.89. The van der Waals surface area contributed by atoms with Crippen LogP contribution in [0.2, 0.25) is 0 Å². The molecule has 1 aromatic heterocycles. The lowest BCUT2D eigenvalue weighted by molar-refractivity contribution is 0.0726. The number of amides is 1. The van der Waals surface area contributed by atoms with Crippen LogP contribution in [0.1, 0.15) is 16.1 Å². The van der Waals surface area contributed by atoms with E-state index in [9.17, 15) is 4.79 Å². The Kier molecular flexibility index (Phi) is 6.04. The lowest BCUT2D eigenvalue weighted by atomic mass is 10.2. The van der Waals surface area contributed by atoms with Gasteiger partial charge >= 0.3 is 0 Å². The molecule has 1 saturated heterocycles. The van der Waals surface area contributed by atoms with Crippen molar-refractivity contribution in [1.82, 2.24) is 14.8 Å². The van der Waals surface area contributed by atoms with E-state index in [1.54, 1.807) is 0 Å². The van der Waals surface area contributed by atoms with E-state index in [1.807, 2.05) is 71.1 Å². The van der Waals surface area contributed by atoms with Gasteiger partial charge in [-0.25, -0.2) is 0 Å². The summed E-state index contributed by atoms with van der Waals surface area (Å²) in [4.78, 5) is 14.7. The van der Waals surface area contributed by atoms with Gasteiger partial charge in [0.25, 0.3) is 5.91 Å². The first-order valence-electron chi connectivity index (χ1n) is 8.98. The molecule has 3 aromatic rings. The third kappa shape index (κ3) is 4.10. The Morgan fingerprint density at radius 1 is 1.07 bits per heavy atom. The van der Waals surface area contributed by atoms with Crippen LogP contribution in [0, 0.1) is 0 Å². The van der Waals surface area contributed by atoms with Crippen LogP contribution in [0.4, 0.5) is 0 Å². The Morgan fingerprint density at radius 2 is 1.81 bits per heavy atom. The van der Waals surface area contributed by atoms with E-state index >= 15 is 0 Å². The second-order valence-electron chi connectivity index (χ2n) is 6.63. The first kappa shape index (κ1) is 19.3. The van der Waals surface area contributed by atoms with E-state index in [1.165, 1.54) is 0 Å². The summed E-state index contributed by atoms with van der Waals surface area (Å²) in [5.74, 6) is 0.907. The van der Waals surface area contributed by atoms with Gasteiger partial charge in [-0.05, 0) is 29.8 Å². The summed E-state index contributed by atoms with van der Waals surface area (Å²) in [7, 11) is 1.95. The number of piperazine rings is 1. The Balaban J connectivity index is 0.00000210. The fourth-order valence-electron chi connectivity index (χ4n) is 3.39. The molecule has 5 nitrogen and oxygen atoms in total. The molecule has 0 radical (unpaired) electrons. The van der Waals surface area contributed by atoms with Crippen LogP contribution in [0.5, 0.6) is 5.75 Å². The van der Waals surface area contributed by atoms with Crippen LogP contribution >= 0.6 is 12.4 Å². The number of nitrogens with one attached hydrogen (secondary N) is 1. The molecule has 2 aromatic carbocycles. The van der Waals surface area contributed by atoms with Gasteiger partial charge < -0.3 is 19.5 Å². The highest BCUT2D eigenvalue weighted by atomic mass is 35.5. The maximum Gasteiger partial charge on any atom is 0.270 e. The van der Waals surface area contributed by atoms with Gasteiger partial charge in [0, 0.05) is 44.1 Å². The zero-order chi connectivity index (χ0) is 17.9. The molecular formula is C21H24ClN3O2. The van der Waals surface area contributed by atoms with Crippen molar-refractivity contribution in [2.45, 2.75) is 6.61 Å². The number of ether oxygens (including phenoxy) is 1. The molecule has 0 saturated carbocycles. The quantitative estimate of drug-likeness (QED) is 0.750. The number of carbonyl (C=O) groups excluding carboxylic acids is 1. The molecule has 1 aliphatic rings. The molecule has 0 spiro atoms. The lowest BCUT2D eigenvalue weighted by Gasteiger charge is -2.27. The van der Waals surface area contributed by atoms with Crippen molar-refractivity contribution < 1.29 is 9.53 Å². The van der Waals surface area contributed by atoms with Crippen LogP contribution in [0.25, 0.3) is 10.9 Å². The molecule has 27 heavy (non-hydrogen) atoms. The number of nitrogens with zero attached hydrogens (tertiary/aromatic N) is 2. The van der Waals surface area contributed by atoms with E-state index in [0.29, 0.717) is 6.61 Å². The molecule has 1 aliphatic heterocycles. The van der Waals surface area contributed by atoms with Gasteiger partial charge in [0.1, 0.15) is 18.1 Å². The largest absolute Gasteiger partial charge is 0.489 e. The molecule has 0 unspecified atom stereocenters. The van der Waals surface area contributed by atoms with E-state index in [0.717, 1.165) is 54.1 Å². The molecule has 0 atom stereocenters. The van der Waals surface area contributed by atoms with Crippen molar-refractivity contribution in [3.8, 4) is 5.75 Å². The summed E-state index contributed by atoms with van der Waals surface area (Å²) in [5.41, 5.74) is 2.90. The first-order chi connectivity index (χ1) is 12.7. The first-order valence-corrected chi connectivity index (χ1v) is 8.98. The number of carbonyl (C=O) groups is 1. The number of hydrogen-bond acceptors (Lipinski definition) is 3. The normalized spacial score (nSPS) is 14.0. The molecule has 1 amide bonds. The molecule has 6 heteroatoms. The zero-order valence-electron chi connectivity index (χ0n) is 15.4. The number of aromatic nitrogens is 1. The van der Waals surface area contributed by atoms with Crippen molar-refractivity contribution in [2.75, 3.05) is 26.2 Å². The third-order valence-electron chi connectivity index (χ3n) is 4.89. The Morgan fingerprint density at radius 3 is 2.56 bits per heavy atom. The average molecular weight is 386 g/mol. The number of aryl methyl sites for hydroxylation is 1. The number of fused-ring (bicyclic) bond motifs is 1. The van der Waals surface area contributed by atoms with Crippen molar-refractivity contribution in [3.63, 3.8) is 0 Å². The highest BCUT2D eigenvalue weighted by Crippen LogP contribution is 2.25. The van der Waals surface area contributed by atoms with Crippen molar-refractivity contribution in [1.29, 1.82) is 0 Å². The molecule has 2 heterocycles. The minimum absolute atomic E-state index is 0. The average Bonchev–Trinajstić information content (AvgIpc) is 3.03. The molecule has 142 valence electrons. The number of rotatable bonds is 4. The lowest BCUT2D eigenvalue weighted by Crippen LogP contribution is -2.46. The summed E-state index contributed by atoms with van der Waals surface area (Å²) in [5, 5.41) is 4.30. The Labute approximate surface area is 165 Å². The zero-order valence-corrected chi connectivity index (χ0v) is 16.2. The van der Waals surface area contributed by atoms with Crippen molar-refractivity contribution in [2.24, 2.45) is 7.05 Å². The molecule has 4 rings (SSSR count). The van der Waals surface area contributed by atoms with Gasteiger partial charge in [-0.2, -0.15) is 0 Å². The van der Waals surface area contributed by atoms with Gasteiger partial charge in [-0.1, -0.05) is 30.3 Å². The molecule has 1 fully saturated rings. The molecule has 0 bridgehead atoms. The standard InChI is InChI=1S/C21H23N3O2.ClH/c1-23-19-8-7-18(26-15-16-5-3-2-4-6-16)13-17(19)14-20(23)21(25)24-11-9-22-10-12-24;/h2-8,13-14,22H,9-12,15H2,1H3;1H. The summed E-state index contributed by atoms with van der Waals surface area (Å²) in [6, 6.07) is 18.1. The smallest absolute Gasteiger partial charge is 0.270 e. The maximum absolute atomic E-state index is 12.8. The number of benzene rings is 2. The fourth-order valence-corrected chi connectivity index (χ4v) is 3.39. The minimum atomic E-state index is 0. The van der Waals surface area contributed by atoms with Crippen LogP contribution in [0.3, 0.4) is 0 Å². The van der Waals surface area contributed by atoms with E-state index in [2.05, 4.69) is 5.32 Å². The van der Waals surface area contributed by atoms with E-state index in [4.69, 9.17) is 4.74 Å². The van der Waals surface area contributed by atoms with Crippen molar-refractivity contribution in [3.05, 3.63) is 65.9 Å². The van der Waals surface area contributed by atoms with E-state index in [-0.39, 0.29) is 18.3 Å². The topological polar surface area (TPSA) is 46.5 Å². The molecule has 1 N–H and O–H groups in total. The predicted octanol–water partition coefficient (Wildman–Crippen LogP) is 3.22. The minimum Gasteiger partial charge on any atom is -0.489 e. The summed E-state index contributed by atoms with van der Waals surface area (Å²) in [6.45, 7) is 3.75. The van der Waals surface area contributed by atoms with Crippen LogP contribution in [-0.4, -0.2) is 41.6 Å². The highest BCUT2D eigenvalue weighted by molar-refractivity contribution is 5.99. The van der Waals surface area contributed by atoms with Crippen molar-refractivity contribution >= 4 is 29.2 Å². The summed E-state index contributed by atoms with van der Waals surface area (Å²) >= 11 is 0. The fraction of sp³-hybridized carbons (Fsp3) is 0.286. The monoisotopic (exact) mass is 385 g/mol. The van der Waals surface area contributed by atoms with Gasteiger partial charge in [0.05, 0.1) is 0 Å². The second kappa shape index (κ2) is 8.46. The molecular weight excluding hydrogens is 362 g/mol. The molecule has 0 aliphatic carbocycles. The van der Waals surface area contributed by atoms with Gasteiger partial charge in [0.2, 0.25) is 0 Å².